The molecule has 8 heteroatoms. The third-order valence-corrected chi connectivity index (χ3v) is 6.99. The predicted octanol–water partition coefficient (Wildman–Crippen LogP) is 4.17. The van der Waals surface area contributed by atoms with E-state index in [2.05, 4.69) is 9.97 Å². The summed E-state index contributed by atoms with van der Waals surface area (Å²) in [5, 5.41) is 0.755. The minimum Gasteiger partial charge on any atom is -0.398 e. The van der Waals surface area contributed by atoms with Crippen LogP contribution in [0.25, 0.3) is 33.4 Å². The Kier molecular flexibility index (Phi) is 4.64. The lowest BCUT2D eigenvalue weighted by atomic mass is 10.0. The molecule has 0 fully saturated rings. The number of rotatable bonds is 4. The molecule has 0 unspecified atom stereocenters. The highest BCUT2D eigenvalue weighted by Gasteiger charge is 2.22. The molecule has 32 heavy (non-hydrogen) atoms. The summed E-state index contributed by atoms with van der Waals surface area (Å²) in [7, 11) is -3.80. The minimum atomic E-state index is -3.80. The van der Waals surface area contributed by atoms with Gasteiger partial charge in [-0.05, 0) is 36.4 Å². The summed E-state index contributed by atoms with van der Waals surface area (Å²) in [5.74, 6) is 0. The van der Waals surface area contributed by atoms with Crippen LogP contribution in [0.1, 0.15) is 0 Å². The Morgan fingerprint density at radius 2 is 1.41 bits per heavy atom. The van der Waals surface area contributed by atoms with Gasteiger partial charge in [0, 0.05) is 34.1 Å². The minimum absolute atomic E-state index is 0.209. The number of hydrogen-bond donors (Lipinski definition) is 2. The molecule has 0 saturated heterocycles. The van der Waals surface area contributed by atoms with Gasteiger partial charge in [-0.25, -0.2) is 22.4 Å². The summed E-state index contributed by atoms with van der Waals surface area (Å²) in [4.78, 5) is 8.96. The number of hydrogen-bond acceptors (Lipinski definition) is 6. The second-order valence-corrected chi connectivity index (χ2v) is 9.09. The Labute approximate surface area is 185 Å². The maximum absolute atomic E-state index is 13.4. The van der Waals surface area contributed by atoms with Gasteiger partial charge in [-0.3, -0.25) is 0 Å². The molecule has 158 valence electrons. The van der Waals surface area contributed by atoms with Crippen molar-refractivity contribution in [2.45, 2.75) is 4.90 Å². The first-order valence-corrected chi connectivity index (χ1v) is 11.3. The van der Waals surface area contributed by atoms with Crippen molar-refractivity contribution in [2.75, 3.05) is 11.5 Å². The first-order chi connectivity index (χ1) is 15.5. The van der Waals surface area contributed by atoms with Crippen molar-refractivity contribution in [2.24, 2.45) is 0 Å². The fraction of sp³-hybridized carbons (Fsp3) is 0. The van der Waals surface area contributed by atoms with Gasteiger partial charge in [0.25, 0.3) is 10.0 Å². The summed E-state index contributed by atoms with van der Waals surface area (Å²) in [6, 6.07) is 22.7. The zero-order valence-corrected chi connectivity index (χ0v) is 17.7. The van der Waals surface area contributed by atoms with Crippen LogP contribution in [-0.4, -0.2) is 22.4 Å². The van der Waals surface area contributed by atoms with Crippen LogP contribution in [0.2, 0.25) is 0 Å². The average Bonchev–Trinajstić information content (AvgIpc) is 3.20. The third kappa shape index (κ3) is 3.17. The first-order valence-electron chi connectivity index (χ1n) is 9.84. The van der Waals surface area contributed by atoms with E-state index in [4.69, 9.17) is 11.5 Å². The largest absolute Gasteiger partial charge is 0.398 e. The van der Waals surface area contributed by atoms with Crippen LogP contribution in [0.3, 0.4) is 0 Å². The SMILES string of the molecule is Nc1cccc(N)c1-c1cc(-c2cn(S(=O)(=O)c3ccccc3)c3ccccc23)ncn1. The maximum Gasteiger partial charge on any atom is 0.268 e. The first kappa shape index (κ1) is 19.8. The van der Waals surface area contributed by atoms with E-state index in [0.29, 0.717) is 39.4 Å². The van der Waals surface area contributed by atoms with E-state index in [-0.39, 0.29) is 4.90 Å². The van der Waals surface area contributed by atoms with Gasteiger partial charge in [-0.1, -0.05) is 42.5 Å². The van der Waals surface area contributed by atoms with Gasteiger partial charge in [-0.2, -0.15) is 0 Å². The van der Waals surface area contributed by atoms with Gasteiger partial charge in [0.05, 0.1) is 21.8 Å². The maximum atomic E-state index is 13.4. The molecule has 5 aromatic rings. The van der Waals surface area contributed by atoms with Crippen LogP contribution in [0, 0.1) is 0 Å². The predicted molar refractivity (Wildman–Crippen MR) is 126 cm³/mol. The summed E-state index contributed by atoms with van der Waals surface area (Å²) >= 11 is 0. The lowest BCUT2D eigenvalue weighted by Gasteiger charge is -2.09. The van der Waals surface area contributed by atoms with Crippen molar-refractivity contribution in [1.29, 1.82) is 0 Å². The lowest BCUT2D eigenvalue weighted by Crippen LogP contribution is -2.11. The number of nitrogen functional groups attached to an aromatic ring is 2. The van der Waals surface area contributed by atoms with Crippen molar-refractivity contribution < 1.29 is 8.42 Å². The van der Waals surface area contributed by atoms with E-state index in [0.717, 1.165) is 5.39 Å². The Bertz CT molecular complexity index is 1540. The zero-order chi connectivity index (χ0) is 22.3. The van der Waals surface area contributed by atoms with Gasteiger partial charge in [0.1, 0.15) is 6.33 Å². The Morgan fingerprint density at radius 3 is 2.16 bits per heavy atom. The van der Waals surface area contributed by atoms with E-state index in [1.54, 1.807) is 72.9 Å². The summed E-state index contributed by atoms with van der Waals surface area (Å²) in [6.07, 6.45) is 3.02. The molecular weight excluding hydrogens is 422 g/mol. The van der Waals surface area contributed by atoms with Crippen LogP contribution < -0.4 is 11.5 Å². The fourth-order valence-corrected chi connectivity index (χ4v) is 5.18. The van der Waals surface area contributed by atoms with Crippen molar-refractivity contribution in [3.05, 3.63) is 91.4 Å². The van der Waals surface area contributed by atoms with Crippen LogP contribution in [0.5, 0.6) is 0 Å². The van der Waals surface area contributed by atoms with Gasteiger partial charge in [0.2, 0.25) is 0 Å². The Morgan fingerprint density at radius 1 is 0.750 bits per heavy atom. The Hall–Kier alpha value is -4.17. The molecule has 5 rings (SSSR count). The normalized spacial score (nSPS) is 11.6. The Balaban J connectivity index is 1.72. The van der Waals surface area contributed by atoms with Crippen molar-refractivity contribution in [1.82, 2.24) is 13.9 Å². The van der Waals surface area contributed by atoms with Crippen molar-refractivity contribution >= 4 is 32.3 Å². The molecular formula is C24H19N5O2S. The van der Waals surface area contributed by atoms with Gasteiger partial charge in [-0.15, -0.1) is 0 Å². The number of para-hydroxylation sites is 1. The summed E-state index contributed by atoms with van der Waals surface area (Å²) in [5.41, 5.74) is 16.3. The molecule has 0 saturated carbocycles. The van der Waals surface area contributed by atoms with E-state index in [1.165, 1.54) is 10.3 Å². The van der Waals surface area contributed by atoms with Crippen molar-refractivity contribution in [3.8, 4) is 22.5 Å². The second-order valence-electron chi connectivity index (χ2n) is 7.27. The van der Waals surface area contributed by atoms with E-state index in [1.807, 2.05) is 12.1 Å². The number of nitrogens with two attached hydrogens (primary N) is 2. The van der Waals surface area contributed by atoms with E-state index < -0.39 is 10.0 Å². The lowest BCUT2D eigenvalue weighted by molar-refractivity contribution is 0.589. The molecule has 0 aliphatic rings. The number of aromatic nitrogens is 3. The van der Waals surface area contributed by atoms with Gasteiger partial charge in [0.15, 0.2) is 0 Å². The smallest absolute Gasteiger partial charge is 0.268 e. The summed E-state index contributed by atoms with van der Waals surface area (Å²) < 4.78 is 28.0. The molecule has 2 aromatic heterocycles. The van der Waals surface area contributed by atoms with Gasteiger partial charge < -0.3 is 11.5 Å². The molecule has 0 radical (unpaired) electrons. The molecule has 2 heterocycles. The molecule has 0 spiro atoms. The molecule has 0 amide bonds. The van der Waals surface area contributed by atoms with Crippen molar-refractivity contribution in [3.63, 3.8) is 0 Å². The topological polar surface area (TPSA) is 117 Å². The van der Waals surface area contributed by atoms with Crippen LogP contribution in [0.4, 0.5) is 11.4 Å². The van der Waals surface area contributed by atoms with Gasteiger partial charge >= 0.3 is 0 Å². The van der Waals surface area contributed by atoms with Crippen LogP contribution in [0.15, 0.2) is 96.3 Å². The number of benzene rings is 3. The second kappa shape index (κ2) is 7.51. The molecule has 0 bridgehead atoms. The molecule has 0 atom stereocenters. The van der Waals surface area contributed by atoms with E-state index in [9.17, 15) is 8.42 Å². The number of nitrogens with zero attached hydrogens (tertiary/aromatic N) is 3. The fourth-order valence-electron chi connectivity index (χ4n) is 3.78. The monoisotopic (exact) mass is 441 g/mol. The number of fused-ring (bicyclic) bond motifs is 1. The molecule has 0 aliphatic heterocycles. The highest BCUT2D eigenvalue weighted by Crippen LogP contribution is 2.35. The van der Waals surface area contributed by atoms with Crippen LogP contribution >= 0.6 is 0 Å². The van der Waals surface area contributed by atoms with E-state index >= 15 is 0 Å². The molecule has 7 nitrogen and oxygen atoms in total. The third-order valence-electron chi connectivity index (χ3n) is 5.31. The number of anilines is 2. The highest BCUT2D eigenvalue weighted by atomic mass is 32.2. The molecule has 3 aromatic carbocycles. The van der Waals surface area contributed by atoms with Crippen LogP contribution in [-0.2, 0) is 10.0 Å². The quantitative estimate of drug-likeness (QED) is 0.404. The molecule has 4 N–H and O–H groups in total. The average molecular weight is 442 g/mol. The standard InChI is InChI=1S/C24H19N5O2S/c25-19-10-6-11-20(26)24(19)22-13-21(27-15-28-22)18-14-29(23-12-5-4-9-17(18)23)32(30,31)16-7-2-1-3-8-16/h1-15H,25-26H2. The summed E-state index contributed by atoms with van der Waals surface area (Å²) in [6.45, 7) is 0. The molecule has 0 aliphatic carbocycles. The highest BCUT2D eigenvalue weighted by molar-refractivity contribution is 7.90. The zero-order valence-electron chi connectivity index (χ0n) is 16.9.